The lowest BCUT2D eigenvalue weighted by molar-refractivity contribution is -0.133. The van der Waals surface area contributed by atoms with Crippen molar-refractivity contribution in [3.05, 3.63) is 106 Å². The highest BCUT2D eigenvalue weighted by molar-refractivity contribution is 9.10. The van der Waals surface area contributed by atoms with Crippen molar-refractivity contribution < 1.29 is 9.59 Å². The zero-order valence-electron chi connectivity index (χ0n) is 22.5. The number of halogens is 1. The van der Waals surface area contributed by atoms with E-state index in [-0.39, 0.29) is 29.7 Å². The minimum absolute atomic E-state index is 0.0438. The number of carbonyl (C=O) groups is 2. The van der Waals surface area contributed by atoms with Crippen molar-refractivity contribution in [2.45, 2.75) is 37.3 Å². The Balaban J connectivity index is 1.50. The summed E-state index contributed by atoms with van der Waals surface area (Å²) in [5.74, 6) is 0.00808. The molecule has 9 heteroatoms. The molecule has 1 heterocycles. The maximum absolute atomic E-state index is 13.9. The number of nitrogens with zero attached hydrogens (tertiary/aromatic N) is 2. The van der Waals surface area contributed by atoms with Crippen LogP contribution >= 0.6 is 15.9 Å². The van der Waals surface area contributed by atoms with Crippen LogP contribution in [0.4, 0.5) is 0 Å². The first-order chi connectivity index (χ1) is 19.4. The number of benzene rings is 3. The summed E-state index contributed by atoms with van der Waals surface area (Å²) < 4.78 is 0.918. The standard InChI is InChI=1S/C31H37BrN6O2/c32-25-15-13-24(14-16-25)29(39)36-20-26-17-19-38(30(40)28(37-26)12-7-18-35-31(33)34)21-27(22-8-3-1-4-9-22)23-10-5-2-6-11-23/h1-6,8-11,13-16,26-28,37H,7,12,17-21H2,(H,36,39)(H4,33,34,35)/t26-,28-/m0/s1. The molecular weight excluding hydrogens is 568 g/mol. The number of carbonyl (C=O) groups excluding carboxylic acids is 2. The molecule has 0 saturated carbocycles. The Morgan fingerprint density at radius 3 is 2.23 bits per heavy atom. The van der Waals surface area contributed by atoms with E-state index in [4.69, 9.17) is 11.5 Å². The lowest BCUT2D eigenvalue weighted by atomic mass is 9.90. The average Bonchev–Trinajstić information content (AvgIpc) is 3.12. The first kappa shape index (κ1) is 29.3. The minimum Gasteiger partial charge on any atom is -0.370 e. The van der Waals surface area contributed by atoms with Crippen LogP contribution in [0.1, 0.15) is 46.7 Å². The third kappa shape index (κ3) is 8.40. The molecule has 4 rings (SSSR count). The van der Waals surface area contributed by atoms with Gasteiger partial charge in [-0.05, 0) is 54.7 Å². The Kier molecular flexibility index (Phi) is 10.7. The monoisotopic (exact) mass is 604 g/mol. The van der Waals surface area contributed by atoms with Crippen LogP contribution < -0.4 is 22.1 Å². The highest BCUT2D eigenvalue weighted by atomic mass is 79.9. The molecule has 0 bridgehead atoms. The molecule has 3 aromatic carbocycles. The van der Waals surface area contributed by atoms with Gasteiger partial charge in [0.2, 0.25) is 5.91 Å². The maximum Gasteiger partial charge on any atom is 0.251 e. The molecule has 1 aliphatic heterocycles. The van der Waals surface area contributed by atoms with E-state index in [1.54, 1.807) is 12.1 Å². The summed E-state index contributed by atoms with van der Waals surface area (Å²) in [4.78, 5) is 32.7. The summed E-state index contributed by atoms with van der Waals surface area (Å²) in [6.45, 7) is 2.03. The van der Waals surface area contributed by atoms with Gasteiger partial charge in [-0.2, -0.15) is 0 Å². The molecule has 0 unspecified atom stereocenters. The quantitative estimate of drug-likeness (QED) is 0.151. The topological polar surface area (TPSA) is 126 Å². The Morgan fingerprint density at radius 2 is 1.62 bits per heavy atom. The second-order valence-electron chi connectivity index (χ2n) is 10.0. The maximum atomic E-state index is 13.9. The number of rotatable bonds is 11. The van der Waals surface area contributed by atoms with Crippen LogP contribution in [0, 0.1) is 0 Å². The number of nitrogens with two attached hydrogens (primary N) is 2. The van der Waals surface area contributed by atoms with E-state index < -0.39 is 6.04 Å². The molecule has 2 atom stereocenters. The molecule has 1 aliphatic rings. The fraction of sp³-hybridized carbons (Fsp3) is 0.323. The van der Waals surface area contributed by atoms with Crippen LogP contribution in [0.2, 0.25) is 0 Å². The van der Waals surface area contributed by atoms with Crippen molar-refractivity contribution in [2.75, 3.05) is 26.2 Å². The van der Waals surface area contributed by atoms with E-state index in [0.29, 0.717) is 51.0 Å². The molecule has 8 nitrogen and oxygen atoms in total. The Hall–Kier alpha value is -3.69. The van der Waals surface area contributed by atoms with E-state index >= 15 is 0 Å². The largest absolute Gasteiger partial charge is 0.370 e. The molecule has 0 aromatic heterocycles. The second kappa shape index (κ2) is 14.6. The van der Waals surface area contributed by atoms with E-state index in [9.17, 15) is 9.59 Å². The van der Waals surface area contributed by atoms with Crippen LogP contribution in [0.5, 0.6) is 0 Å². The Morgan fingerprint density at radius 1 is 1.00 bits per heavy atom. The van der Waals surface area contributed by atoms with Gasteiger partial charge in [-0.3, -0.25) is 14.6 Å². The van der Waals surface area contributed by atoms with Crippen LogP contribution in [0.3, 0.4) is 0 Å². The predicted octanol–water partition coefficient (Wildman–Crippen LogP) is 3.62. The van der Waals surface area contributed by atoms with Crippen molar-refractivity contribution in [3.8, 4) is 0 Å². The summed E-state index contributed by atoms with van der Waals surface area (Å²) >= 11 is 3.40. The predicted molar refractivity (Wildman–Crippen MR) is 163 cm³/mol. The molecule has 6 N–H and O–H groups in total. The van der Waals surface area contributed by atoms with Crippen molar-refractivity contribution >= 4 is 33.7 Å². The van der Waals surface area contributed by atoms with Gasteiger partial charge in [-0.25, -0.2) is 0 Å². The SMILES string of the molecule is NC(N)=NCCC[C@@H]1N[C@H](CNC(=O)c2ccc(Br)cc2)CCN(CC(c2ccccc2)c2ccccc2)C1=O. The fourth-order valence-electron chi connectivity index (χ4n) is 5.05. The van der Waals surface area contributed by atoms with Crippen LogP contribution in [0.15, 0.2) is 94.4 Å². The zero-order chi connectivity index (χ0) is 28.3. The number of hydrogen-bond donors (Lipinski definition) is 4. The van der Waals surface area contributed by atoms with Gasteiger partial charge < -0.3 is 27.0 Å². The molecule has 0 aliphatic carbocycles. The van der Waals surface area contributed by atoms with Crippen molar-refractivity contribution in [3.63, 3.8) is 0 Å². The second-order valence-corrected chi connectivity index (χ2v) is 10.9. The molecular formula is C31H37BrN6O2. The van der Waals surface area contributed by atoms with Crippen LogP contribution in [0.25, 0.3) is 0 Å². The van der Waals surface area contributed by atoms with Crippen molar-refractivity contribution in [1.82, 2.24) is 15.5 Å². The number of guanidine groups is 1. The van der Waals surface area contributed by atoms with E-state index in [0.717, 1.165) is 4.47 Å². The van der Waals surface area contributed by atoms with Gasteiger partial charge in [-0.15, -0.1) is 0 Å². The minimum atomic E-state index is -0.404. The Labute approximate surface area is 244 Å². The summed E-state index contributed by atoms with van der Waals surface area (Å²) in [6, 6.07) is 27.4. The van der Waals surface area contributed by atoms with Gasteiger partial charge in [0.05, 0.1) is 6.04 Å². The zero-order valence-corrected chi connectivity index (χ0v) is 24.1. The fourth-order valence-corrected chi connectivity index (χ4v) is 5.31. The lowest BCUT2D eigenvalue weighted by Crippen LogP contribution is -2.49. The van der Waals surface area contributed by atoms with Gasteiger partial charge in [0.1, 0.15) is 0 Å². The molecule has 3 aromatic rings. The Bertz CT molecular complexity index is 1230. The number of nitrogens with one attached hydrogen (secondary N) is 2. The molecule has 0 spiro atoms. The number of aliphatic imine (C=N–C) groups is 1. The van der Waals surface area contributed by atoms with E-state index in [1.807, 2.05) is 53.4 Å². The van der Waals surface area contributed by atoms with Gasteiger partial charge in [-0.1, -0.05) is 76.6 Å². The first-order valence-electron chi connectivity index (χ1n) is 13.6. The van der Waals surface area contributed by atoms with Crippen LogP contribution in [-0.4, -0.2) is 60.9 Å². The highest BCUT2D eigenvalue weighted by Crippen LogP contribution is 2.27. The summed E-state index contributed by atoms with van der Waals surface area (Å²) in [6.07, 6.45) is 1.96. The summed E-state index contributed by atoms with van der Waals surface area (Å²) in [5, 5.41) is 6.57. The summed E-state index contributed by atoms with van der Waals surface area (Å²) in [5.41, 5.74) is 13.9. The normalized spacial score (nSPS) is 17.4. The van der Waals surface area contributed by atoms with Crippen molar-refractivity contribution in [1.29, 1.82) is 0 Å². The average molecular weight is 606 g/mol. The first-order valence-corrected chi connectivity index (χ1v) is 14.4. The van der Waals surface area contributed by atoms with E-state index in [2.05, 4.69) is 55.8 Å². The van der Waals surface area contributed by atoms with Gasteiger partial charge in [0.25, 0.3) is 5.91 Å². The van der Waals surface area contributed by atoms with Crippen molar-refractivity contribution in [2.24, 2.45) is 16.5 Å². The molecule has 2 amide bonds. The third-order valence-electron chi connectivity index (χ3n) is 7.16. The molecule has 1 saturated heterocycles. The smallest absolute Gasteiger partial charge is 0.251 e. The highest BCUT2D eigenvalue weighted by Gasteiger charge is 2.32. The molecule has 40 heavy (non-hydrogen) atoms. The lowest BCUT2D eigenvalue weighted by Gasteiger charge is -2.29. The van der Waals surface area contributed by atoms with Crippen LogP contribution in [-0.2, 0) is 4.79 Å². The molecule has 210 valence electrons. The number of amides is 2. The van der Waals surface area contributed by atoms with Gasteiger partial charge >= 0.3 is 0 Å². The number of hydrogen-bond acceptors (Lipinski definition) is 4. The summed E-state index contributed by atoms with van der Waals surface area (Å²) in [7, 11) is 0. The molecule has 0 radical (unpaired) electrons. The third-order valence-corrected chi connectivity index (χ3v) is 7.69. The van der Waals surface area contributed by atoms with Gasteiger partial charge in [0.15, 0.2) is 5.96 Å². The molecule has 1 fully saturated rings. The van der Waals surface area contributed by atoms with Gasteiger partial charge in [0, 0.05) is 48.2 Å². The van der Waals surface area contributed by atoms with E-state index in [1.165, 1.54) is 11.1 Å².